The molecule has 1 heterocycles. The second kappa shape index (κ2) is 8.84. The third-order valence-electron chi connectivity index (χ3n) is 4.29. The standard InChI is InChI=1S/C20H16ClN3O7/c1-11(20(27)30-2)31-17-12(8-13(21)10-16(17)24(28)29)9-15-18(25)22-23(19(15)26)14-6-4-3-5-7-14/h3-11H,1-2H3,(H,22,25). The molecule has 2 aromatic rings. The van der Waals surface area contributed by atoms with Crippen LogP contribution in [-0.2, 0) is 19.1 Å². The van der Waals surface area contributed by atoms with Crippen molar-refractivity contribution < 1.29 is 28.8 Å². The minimum atomic E-state index is -1.20. The number of nitro groups is 1. The monoisotopic (exact) mass is 445 g/mol. The van der Waals surface area contributed by atoms with E-state index in [0.717, 1.165) is 24.3 Å². The van der Waals surface area contributed by atoms with Crippen LogP contribution in [0.15, 0.2) is 48.0 Å². The summed E-state index contributed by atoms with van der Waals surface area (Å²) in [5.41, 5.74) is 1.99. The smallest absolute Gasteiger partial charge is 0.346 e. The van der Waals surface area contributed by atoms with Gasteiger partial charge in [0.2, 0.25) is 5.75 Å². The van der Waals surface area contributed by atoms with Crippen LogP contribution in [-0.4, -0.2) is 35.9 Å². The fourth-order valence-electron chi connectivity index (χ4n) is 2.83. The maximum atomic E-state index is 12.8. The molecule has 1 aliphatic rings. The van der Waals surface area contributed by atoms with Gasteiger partial charge in [0, 0.05) is 16.7 Å². The lowest BCUT2D eigenvalue weighted by Gasteiger charge is -2.15. The van der Waals surface area contributed by atoms with E-state index in [1.54, 1.807) is 30.3 Å². The lowest BCUT2D eigenvalue weighted by Crippen LogP contribution is -2.35. The molecule has 1 atom stereocenters. The Balaban J connectivity index is 2.08. The SMILES string of the molecule is COC(=O)C(C)Oc1c(C=C2C(=O)NN(c3ccccc3)C2=O)cc(Cl)cc1[N+](=O)[O-]. The van der Waals surface area contributed by atoms with Gasteiger partial charge in [-0.1, -0.05) is 29.8 Å². The van der Waals surface area contributed by atoms with E-state index >= 15 is 0 Å². The Labute approximate surface area is 181 Å². The molecule has 0 bridgehead atoms. The molecule has 160 valence electrons. The van der Waals surface area contributed by atoms with E-state index in [9.17, 15) is 24.5 Å². The largest absolute Gasteiger partial charge is 0.471 e. The average molecular weight is 446 g/mol. The number of nitrogens with one attached hydrogen (secondary N) is 1. The zero-order chi connectivity index (χ0) is 22.7. The fraction of sp³-hybridized carbons (Fsp3) is 0.150. The first kappa shape index (κ1) is 21.8. The molecule has 1 saturated heterocycles. The van der Waals surface area contributed by atoms with Crippen LogP contribution in [0.2, 0.25) is 5.02 Å². The van der Waals surface area contributed by atoms with Crippen LogP contribution in [0, 0.1) is 10.1 Å². The number of halogens is 1. The topological polar surface area (TPSA) is 128 Å². The highest BCUT2D eigenvalue weighted by Gasteiger charge is 2.35. The molecule has 31 heavy (non-hydrogen) atoms. The number of hydrogen-bond donors (Lipinski definition) is 1. The quantitative estimate of drug-likeness (QED) is 0.238. The maximum absolute atomic E-state index is 12.8. The van der Waals surface area contributed by atoms with Crippen LogP contribution in [0.4, 0.5) is 11.4 Å². The molecular formula is C20H16ClN3O7. The van der Waals surface area contributed by atoms with Crippen LogP contribution in [0.25, 0.3) is 6.08 Å². The van der Waals surface area contributed by atoms with Crippen molar-refractivity contribution in [3.8, 4) is 5.75 Å². The number of hydrazine groups is 1. The highest BCUT2D eigenvalue weighted by Crippen LogP contribution is 2.37. The molecule has 0 saturated carbocycles. The Kier molecular flexibility index (Phi) is 6.21. The zero-order valence-corrected chi connectivity index (χ0v) is 17.1. The summed E-state index contributed by atoms with van der Waals surface area (Å²) in [6.07, 6.45) is -0.0744. The van der Waals surface area contributed by atoms with E-state index in [0.29, 0.717) is 5.69 Å². The van der Waals surface area contributed by atoms with E-state index < -0.39 is 34.5 Å². The van der Waals surface area contributed by atoms with Gasteiger partial charge in [-0.2, -0.15) is 0 Å². The summed E-state index contributed by atoms with van der Waals surface area (Å²) in [6, 6.07) is 10.7. The number of nitrogens with zero attached hydrogens (tertiary/aromatic N) is 2. The predicted molar refractivity (Wildman–Crippen MR) is 110 cm³/mol. The second-order valence-corrected chi connectivity index (χ2v) is 6.80. The molecule has 1 N–H and O–H groups in total. The first-order chi connectivity index (χ1) is 14.7. The molecule has 10 nitrogen and oxygen atoms in total. The number of rotatable bonds is 6. The molecule has 1 aliphatic heterocycles. The van der Waals surface area contributed by atoms with Gasteiger partial charge in [0.25, 0.3) is 11.8 Å². The van der Waals surface area contributed by atoms with Gasteiger partial charge in [0.15, 0.2) is 6.10 Å². The van der Waals surface area contributed by atoms with E-state index in [1.807, 2.05) is 0 Å². The molecule has 0 aromatic heterocycles. The summed E-state index contributed by atoms with van der Waals surface area (Å²) in [5.74, 6) is -2.50. The third-order valence-corrected chi connectivity index (χ3v) is 4.51. The Morgan fingerprint density at radius 2 is 1.94 bits per heavy atom. The molecule has 11 heteroatoms. The fourth-order valence-corrected chi connectivity index (χ4v) is 3.05. The van der Waals surface area contributed by atoms with E-state index in [4.69, 9.17) is 16.3 Å². The van der Waals surface area contributed by atoms with Crippen molar-refractivity contribution in [1.82, 2.24) is 5.43 Å². The Morgan fingerprint density at radius 3 is 2.55 bits per heavy atom. The molecular weight excluding hydrogens is 430 g/mol. The molecule has 2 amide bonds. The first-order valence-electron chi connectivity index (χ1n) is 8.87. The van der Waals surface area contributed by atoms with Gasteiger partial charge in [-0.25, -0.2) is 9.80 Å². The van der Waals surface area contributed by atoms with Gasteiger partial charge in [0.1, 0.15) is 5.57 Å². The summed E-state index contributed by atoms with van der Waals surface area (Å²) in [6.45, 7) is 1.34. The van der Waals surface area contributed by atoms with Crippen LogP contribution in [0.3, 0.4) is 0 Å². The Hall–Kier alpha value is -3.92. The number of hydrogen-bond acceptors (Lipinski definition) is 7. The number of nitro benzene ring substituents is 1. The number of anilines is 1. The molecule has 3 rings (SSSR count). The maximum Gasteiger partial charge on any atom is 0.346 e. The lowest BCUT2D eigenvalue weighted by molar-refractivity contribution is -0.386. The van der Waals surface area contributed by atoms with Crippen molar-refractivity contribution in [3.05, 3.63) is 68.7 Å². The Morgan fingerprint density at radius 1 is 1.26 bits per heavy atom. The summed E-state index contributed by atoms with van der Waals surface area (Å²) in [4.78, 5) is 47.8. The minimum Gasteiger partial charge on any atom is -0.471 e. The predicted octanol–water partition coefficient (Wildman–Crippen LogP) is 2.65. The van der Waals surface area contributed by atoms with Crippen molar-refractivity contribution in [1.29, 1.82) is 0 Å². The van der Waals surface area contributed by atoms with E-state index in [1.165, 1.54) is 13.0 Å². The zero-order valence-electron chi connectivity index (χ0n) is 16.3. The highest BCUT2D eigenvalue weighted by molar-refractivity contribution is 6.32. The van der Waals surface area contributed by atoms with Gasteiger partial charge in [0.05, 0.1) is 17.7 Å². The average Bonchev–Trinajstić information content (AvgIpc) is 3.03. The van der Waals surface area contributed by atoms with Crippen molar-refractivity contribution >= 4 is 46.8 Å². The molecule has 1 fully saturated rings. The number of carbonyl (C=O) groups excluding carboxylic acids is 3. The molecule has 0 radical (unpaired) electrons. The van der Waals surface area contributed by atoms with Crippen molar-refractivity contribution in [2.45, 2.75) is 13.0 Å². The van der Waals surface area contributed by atoms with Gasteiger partial charge in [-0.15, -0.1) is 0 Å². The van der Waals surface area contributed by atoms with Crippen LogP contribution >= 0.6 is 11.6 Å². The van der Waals surface area contributed by atoms with Gasteiger partial charge in [-0.3, -0.25) is 25.1 Å². The van der Waals surface area contributed by atoms with E-state index in [2.05, 4.69) is 10.2 Å². The first-order valence-corrected chi connectivity index (χ1v) is 9.25. The van der Waals surface area contributed by atoms with Crippen molar-refractivity contribution in [2.24, 2.45) is 0 Å². The van der Waals surface area contributed by atoms with Crippen LogP contribution in [0.5, 0.6) is 5.75 Å². The summed E-state index contributed by atoms with van der Waals surface area (Å²) >= 11 is 6.00. The highest BCUT2D eigenvalue weighted by atomic mass is 35.5. The van der Waals surface area contributed by atoms with Gasteiger partial charge >= 0.3 is 11.7 Å². The molecule has 1 unspecified atom stereocenters. The Bertz CT molecular complexity index is 1100. The van der Waals surface area contributed by atoms with Gasteiger partial charge in [-0.05, 0) is 31.2 Å². The number of methoxy groups -OCH3 is 1. The number of carbonyl (C=O) groups is 3. The number of ether oxygens (including phenoxy) is 2. The summed E-state index contributed by atoms with van der Waals surface area (Å²) in [5, 5.41) is 12.5. The van der Waals surface area contributed by atoms with Crippen LogP contribution < -0.4 is 15.2 Å². The molecule has 0 spiro atoms. The molecule has 2 aromatic carbocycles. The number of esters is 1. The molecule has 0 aliphatic carbocycles. The minimum absolute atomic E-state index is 0.0247. The van der Waals surface area contributed by atoms with Crippen molar-refractivity contribution in [3.63, 3.8) is 0 Å². The summed E-state index contributed by atoms with van der Waals surface area (Å²) < 4.78 is 10.0. The van der Waals surface area contributed by atoms with E-state index in [-0.39, 0.29) is 21.9 Å². The normalized spacial score (nSPS) is 15.6. The lowest BCUT2D eigenvalue weighted by atomic mass is 10.1. The van der Waals surface area contributed by atoms with Crippen LogP contribution in [0.1, 0.15) is 12.5 Å². The number of amides is 2. The summed E-state index contributed by atoms with van der Waals surface area (Å²) in [7, 11) is 1.14. The number of para-hydroxylation sites is 1. The van der Waals surface area contributed by atoms with Crippen molar-refractivity contribution in [2.75, 3.05) is 12.1 Å². The number of benzene rings is 2. The van der Waals surface area contributed by atoms with Gasteiger partial charge < -0.3 is 9.47 Å². The third kappa shape index (κ3) is 4.48. The second-order valence-electron chi connectivity index (χ2n) is 6.36.